The second kappa shape index (κ2) is 8.02. The van der Waals surface area contributed by atoms with Crippen LogP contribution in [0.4, 0.5) is 0 Å². The van der Waals surface area contributed by atoms with Gasteiger partial charge in [-0.2, -0.15) is 0 Å². The van der Waals surface area contributed by atoms with Gasteiger partial charge >= 0.3 is 0 Å². The minimum absolute atomic E-state index is 0.391. The number of benzene rings is 2. The van der Waals surface area contributed by atoms with E-state index >= 15 is 0 Å². The summed E-state index contributed by atoms with van der Waals surface area (Å²) in [4.78, 5) is 1.30. The third-order valence-corrected chi connectivity index (χ3v) is 5.51. The first-order valence-electron chi connectivity index (χ1n) is 7.31. The maximum Gasteiger partial charge on any atom is 0.0314 e. The lowest BCUT2D eigenvalue weighted by Gasteiger charge is -2.14. The van der Waals surface area contributed by atoms with E-state index in [1.54, 1.807) is 0 Å². The number of hydrogen-bond acceptors (Lipinski definition) is 2. The molecule has 2 aromatic rings. The van der Waals surface area contributed by atoms with Crippen molar-refractivity contribution in [2.75, 3.05) is 6.54 Å². The molecular formula is C18H22BrNS. The Bertz CT molecular complexity index is 598. The smallest absolute Gasteiger partial charge is 0.0314 e. The van der Waals surface area contributed by atoms with Crippen LogP contribution in [-0.2, 0) is 5.75 Å². The first-order valence-corrected chi connectivity index (χ1v) is 9.09. The van der Waals surface area contributed by atoms with Crippen LogP contribution in [0.1, 0.15) is 36.6 Å². The van der Waals surface area contributed by atoms with Crippen LogP contribution in [0.3, 0.4) is 0 Å². The zero-order valence-corrected chi connectivity index (χ0v) is 15.2. The molecule has 0 spiro atoms. The first-order chi connectivity index (χ1) is 10.1. The van der Waals surface area contributed by atoms with E-state index in [0.29, 0.717) is 6.04 Å². The minimum Gasteiger partial charge on any atom is -0.310 e. The zero-order valence-electron chi connectivity index (χ0n) is 12.8. The molecule has 0 aliphatic heterocycles. The Kier molecular flexibility index (Phi) is 6.34. The van der Waals surface area contributed by atoms with Crippen LogP contribution in [0.2, 0.25) is 0 Å². The number of aryl methyl sites for hydroxylation is 1. The largest absolute Gasteiger partial charge is 0.310 e. The van der Waals surface area contributed by atoms with E-state index in [-0.39, 0.29) is 0 Å². The molecule has 2 aromatic carbocycles. The minimum atomic E-state index is 0.391. The molecule has 0 bridgehead atoms. The monoisotopic (exact) mass is 363 g/mol. The van der Waals surface area contributed by atoms with Gasteiger partial charge in [-0.05, 0) is 59.6 Å². The Balaban J connectivity index is 2.04. The summed E-state index contributed by atoms with van der Waals surface area (Å²) in [5.41, 5.74) is 4.02. The topological polar surface area (TPSA) is 12.0 Å². The molecular weight excluding hydrogens is 342 g/mol. The van der Waals surface area contributed by atoms with Crippen molar-refractivity contribution in [3.8, 4) is 0 Å². The van der Waals surface area contributed by atoms with Gasteiger partial charge in [0.1, 0.15) is 0 Å². The van der Waals surface area contributed by atoms with Crippen LogP contribution >= 0.6 is 27.7 Å². The summed E-state index contributed by atoms with van der Waals surface area (Å²) in [5, 5.41) is 3.44. The maximum absolute atomic E-state index is 3.71. The highest BCUT2D eigenvalue weighted by atomic mass is 79.9. The van der Waals surface area contributed by atoms with Crippen LogP contribution in [0.25, 0.3) is 0 Å². The fourth-order valence-corrected chi connectivity index (χ4v) is 3.89. The molecule has 0 saturated carbocycles. The van der Waals surface area contributed by atoms with E-state index in [9.17, 15) is 0 Å². The molecule has 1 atom stereocenters. The van der Waals surface area contributed by atoms with Crippen LogP contribution in [-0.4, -0.2) is 6.54 Å². The van der Waals surface area contributed by atoms with E-state index in [1.807, 2.05) is 11.8 Å². The van der Waals surface area contributed by atoms with Crippen molar-refractivity contribution in [2.45, 2.75) is 37.5 Å². The van der Waals surface area contributed by atoms with Crippen molar-refractivity contribution in [1.29, 1.82) is 0 Å². The molecule has 112 valence electrons. The molecule has 0 saturated heterocycles. The second-order valence-electron chi connectivity index (χ2n) is 5.25. The van der Waals surface area contributed by atoms with Crippen LogP contribution in [0.5, 0.6) is 0 Å². The summed E-state index contributed by atoms with van der Waals surface area (Å²) in [5.74, 6) is 1.00. The maximum atomic E-state index is 3.71. The van der Waals surface area contributed by atoms with Gasteiger partial charge in [0.25, 0.3) is 0 Å². The quantitative estimate of drug-likeness (QED) is 0.658. The van der Waals surface area contributed by atoms with Crippen molar-refractivity contribution in [3.05, 3.63) is 63.6 Å². The number of halogens is 1. The summed E-state index contributed by atoms with van der Waals surface area (Å²) in [6.07, 6.45) is 0. The predicted molar refractivity (Wildman–Crippen MR) is 97.0 cm³/mol. The lowest BCUT2D eigenvalue weighted by Crippen LogP contribution is -2.17. The van der Waals surface area contributed by atoms with Crippen molar-refractivity contribution >= 4 is 27.7 Å². The molecule has 0 amide bonds. The van der Waals surface area contributed by atoms with Gasteiger partial charge in [-0.15, -0.1) is 11.8 Å². The molecule has 0 aromatic heterocycles. The highest BCUT2D eigenvalue weighted by Crippen LogP contribution is 2.32. The third kappa shape index (κ3) is 4.87. The average molecular weight is 364 g/mol. The molecule has 1 nitrogen and oxygen atoms in total. The first kappa shape index (κ1) is 16.6. The fourth-order valence-electron chi connectivity index (χ4n) is 2.29. The lowest BCUT2D eigenvalue weighted by molar-refractivity contribution is 0.597. The molecule has 1 unspecified atom stereocenters. The fraction of sp³-hybridized carbons (Fsp3) is 0.333. The SMILES string of the molecule is CCNC(C)c1ccc(SCc2cccc(C)c2)c(Br)c1. The van der Waals surface area contributed by atoms with E-state index in [0.717, 1.165) is 12.3 Å². The Hall–Kier alpha value is -0.770. The lowest BCUT2D eigenvalue weighted by atomic mass is 10.1. The molecule has 1 N–H and O–H groups in total. The summed E-state index contributed by atoms with van der Waals surface area (Å²) in [6.45, 7) is 7.46. The van der Waals surface area contributed by atoms with Gasteiger partial charge < -0.3 is 5.32 Å². The molecule has 0 aliphatic carbocycles. The molecule has 21 heavy (non-hydrogen) atoms. The summed E-state index contributed by atoms with van der Waals surface area (Å²) in [7, 11) is 0. The molecule has 0 aliphatic rings. The van der Waals surface area contributed by atoms with Crippen LogP contribution in [0, 0.1) is 6.92 Å². The van der Waals surface area contributed by atoms with Crippen LogP contribution < -0.4 is 5.32 Å². The van der Waals surface area contributed by atoms with E-state index in [2.05, 4.69) is 84.5 Å². The Labute approximate surface area is 140 Å². The van der Waals surface area contributed by atoms with Crippen molar-refractivity contribution in [2.24, 2.45) is 0 Å². The summed E-state index contributed by atoms with van der Waals surface area (Å²) in [6, 6.07) is 15.8. The average Bonchev–Trinajstić information content (AvgIpc) is 2.46. The van der Waals surface area contributed by atoms with Crippen LogP contribution in [0.15, 0.2) is 51.8 Å². The third-order valence-electron chi connectivity index (χ3n) is 3.44. The molecule has 0 fully saturated rings. The van der Waals surface area contributed by atoms with Gasteiger partial charge in [0.2, 0.25) is 0 Å². The summed E-state index contributed by atoms with van der Waals surface area (Å²) < 4.78 is 1.18. The van der Waals surface area contributed by atoms with Gasteiger partial charge in [-0.3, -0.25) is 0 Å². The van der Waals surface area contributed by atoms with Crippen molar-refractivity contribution in [3.63, 3.8) is 0 Å². The predicted octanol–water partition coefficient (Wildman–Crippen LogP) is 5.72. The highest BCUT2D eigenvalue weighted by molar-refractivity contribution is 9.10. The van der Waals surface area contributed by atoms with E-state index < -0.39 is 0 Å². The summed E-state index contributed by atoms with van der Waals surface area (Å²) >= 11 is 5.58. The zero-order chi connectivity index (χ0) is 15.2. The number of thioether (sulfide) groups is 1. The Morgan fingerprint density at radius 1 is 1.19 bits per heavy atom. The number of nitrogens with one attached hydrogen (secondary N) is 1. The molecule has 3 heteroatoms. The van der Waals surface area contributed by atoms with Gasteiger partial charge in [-0.1, -0.05) is 42.8 Å². The highest BCUT2D eigenvalue weighted by Gasteiger charge is 2.07. The van der Waals surface area contributed by atoms with Gasteiger partial charge in [0.15, 0.2) is 0 Å². The Morgan fingerprint density at radius 2 is 2.00 bits per heavy atom. The number of rotatable bonds is 6. The van der Waals surface area contributed by atoms with Gasteiger partial charge in [0, 0.05) is 21.2 Å². The van der Waals surface area contributed by atoms with Gasteiger partial charge in [0.05, 0.1) is 0 Å². The second-order valence-corrected chi connectivity index (χ2v) is 7.12. The standard InChI is InChI=1S/C18H22BrNS/c1-4-20-14(3)16-8-9-18(17(19)11-16)21-12-15-7-5-6-13(2)10-15/h5-11,14,20H,4,12H2,1-3H3. The molecule has 0 radical (unpaired) electrons. The van der Waals surface area contributed by atoms with E-state index in [4.69, 9.17) is 0 Å². The van der Waals surface area contributed by atoms with Gasteiger partial charge in [-0.25, -0.2) is 0 Å². The molecule has 0 heterocycles. The van der Waals surface area contributed by atoms with E-state index in [1.165, 1.54) is 26.1 Å². The number of hydrogen-bond donors (Lipinski definition) is 1. The Morgan fingerprint density at radius 3 is 2.67 bits per heavy atom. The van der Waals surface area contributed by atoms with Crippen molar-refractivity contribution in [1.82, 2.24) is 5.32 Å². The molecule has 2 rings (SSSR count). The van der Waals surface area contributed by atoms with Crippen molar-refractivity contribution < 1.29 is 0 Å². The normalized spacial score (nSPS) is 12.4.